The minimum absolute atomic E-state index is 0.0233. The molecule has 2 fully saturated rings. The van der Waals surface area contributed by atoms with Crippen molar-refractivity contribution in [2.75, 3.05) is 13.2 Å². The molecule has 0 aliphatic carbocycles. The molecule has 406 valence electrons. The molecule has 3 aliphatic heterocycles. The zero-order chi connectivity index (χ0) is 54.7. The summed E-state index contributed by atoms with van der Waals surface area (Å²) >= 11 is 12.6. The van der Waals surface area contributed by atoms with E-state index >= 15 is 4.39 Å². The van der Waals surface area contributed by atoms with Crippen molar-refractivity contribution in [1.29, 1.82) is 0 Å². The van der Waals surface area contributed by atoms with Crippen LogP contribution < -0.4 is 0 Å². The number of carbonyl (C=O) groups is 4. The van der Waals surface area contributed by atoms with Gasteiger partial charge >= 0.3 is 11.9 Å². The zero-order valence-electron chi connectivity index (χ0n) is 42.4. The summed E-state index contributed by atoms with van der Waals surface area (Å²) in [6, 6.07) is 54.3. The average molecular weight is 1110 g/mol. The highest BCUT2D eigenvalue weighted by atomic mass is 35.5. The van der Waals surface area contributed by atoms with Crippen LogP contribution in [0.25, 0.3) is 0 Å². The van der Waals surface area contributed by atoms with Gasteiger partial charge in [0.2, 0.25) is 6.36 Å². The number of imide groups is 1. The summed E-state index contributed by atoms with van der Waals surface area (Å²) in [7, 11) is 0. The van der Waals surface area contributed by atoms with Crippen LogP contribution in [0.4, 0.5) is 4.39 Å². The topological polar surface area (TPSA) is 155 Å². The molecule has 14 nitrogen and oxygen atoms in total. The third-order valence-corrected chi connectivity index (χ3v) is 14.3. The molecule has 0 unspecified atom stereocenters. The molecule has 0 N–H and O–H groups in total. The van der Waals surface area contributed by atoms with E-state index in [1.807, 2.05) is 121 Å². The molecule has 7 aromatic carbocycles. The Hall–Kier alpha value is -7.15. The molecular weight excluding hydrogens is 1060 g/mol. The number of fused-ring (bicyclic) bond motifs is 1. The number of carbonyl (C=O) groups excluding carboxylic acids is 4. The lowest BCUT2D eigenvalue weighted by Gasteiger charge is -2.47. The smallest absolute Gasteiger partial charge is 0.338 e. The highest BCUT2D eigenvalue weighted by molar-refractivity contribution is 6.43. The molecule has 3 heterocycles. The SMILES string of the molecule is O=C(O[C@H]1[C@H](OC(=O)c2ccccc2)[C@@H](CO[C@@H]2O[C@H](COCc3ccccc3)[C@@H](OCc3ccccc3)[C@H](OCc3ccccc3)[C@H]2OCc2ccccc2)O[C@@H](F)[C@@H]1N1C(=O)c2cc(Cl)c(Cl)cc2C1=O)c1ccccc1. The van der Waals surface area contributed by atoms with E-state index in [1.165, 1.54) is 36.4 Å². The Morgan fingerprint density at radius 2 is 0.848 bits per heavy atom. The van der Waals surface area contributed by atoms with E-state index < -0.39 is 91.8 Å². The quantitative estimate of drug-likeness (QED) is 0.0496. The number of rotatable bonds is 21. The van der Waals surface area contributed by atoms with E-state index in [9.17, 15) is 19.2 Å². The largest absolute Gasteiger partial charge is 0.452 e. The fourth-order valence-corrected chi connectivity index (χ4v) is 10.0. The maximum Gasteiger partial charge on any atom is 0.338 e. The van der Waals surface area contributed by atoms with Crippen LogP contribution >= 0.6 is 23.2 Å². The number of alkyl halides is 1. The molecule has 3 aliphatic rings. The van der Waals surface area contributed by atoms with E-state index in [4.69, 9.17) is 65.8 Å². The van der Waals surface area contributed by atoms with Crippen molar-refractivity contribution in [3.8, 4) is 0 Å². The lowest BCUT2D eigenvalue weighted by Crippen LogP contribution is -2.67. The van der Waals surface area contributed by atoms with Crippen LogP contribution in [-0.4, -0.2) is 103 Å². The van der Waals surface area contributed by atoms with Crippen LogP contribution in [-0.2, 0) is 69.1 Å². The van der Waals surface area contributed by atoms with Gasteiger partial charge in [-0.15, -0.1) is 0 Å². The molecular formula is C62H54Cl2FNO13. The van der Waals surface area contributed by atoms with Crippen molar-refractivity contribution in [3.63, 3.8) is 0 Å². The first-order valence-electron chi connectivity index (χ1n) is 25.6. The van der Waals surface area contributed by atoms with Gasteiger partial charge in [0.15, 0.2) is 18.5 Å². The van der Waals surface area contributed by atoms with Crippen LogP contribution in [0.2, 0.25) is 10.0 Å². The highest BCUT2D eigenvalue weighted by Gasteiger charge is 2.58. The summed E-state index contributed by atoms with van der Waals surface area (Å²) in [6.07, 6.45) is -13.1. The average Bonchev–Trinajstić information content (AvgIpc) is 4.01. The summed E-state index contributed by atoms with van der Waals surface area (Å²) in [5.41, 5.74) is 3.20. The first-order chi connectivity index (χ1) is 38.6. The number of hydrogen-bond acceptors (Lipinski definition) is 13. The molecule has 0 saturated carbocycles. The minimum Gasteiger partial charge on any atom is -0.452 e. The number of halogens is 3. The summed E-state index contributed by atoms with van der Waals surface area (Å²) in [5.74, 6) is -3.90. The molecule has 0 radical (unpaired) electrons. The van der Waals surface area contributed by atoms with Gasteiger partial charge in [0, 0.05) is 0 Å². The summed E-state index contributed by atoms with van der Waals surface area (Å²) in [6.45, 7) is -0.0938. The van der Waals surface area contributed by atoms with Gasteiger partial charge in [0.1, 0.15) is 36.6 Å². The molecule has 2 saturated heterocycles. The number of ether oxygens (including phenoxy) is 9. The van der Waals surface area contributed by atoms with E-state index in [0.717, 1.165) is 22.3 Å². The number of nitrogens with zero attached hydrogens (tertiary/aromatic N) is 1. The molecule has 0 bridgehead atoms. The van der Waals surface area contributed by atoms with E-state index in [1.54, 1.807) is 36.4 Å². The second-order valence-electron chi connectivity index (χ2n) is 18.9. The van der Waals surface area contributed by atoms with Gasteiger partial charge < -0.3 is 42.6 Å². The van der Waals surface area contributed by atoms with E-state index in [0.29, 0.717) is 4.90 Å². The van der Waals surface area contributed by atoms with Crippen molar-refractivity contribution in [1.82, 2.24) is 4.90 Å². The standard InChI is InChI=1S/C62H54Cl2FNO13/c63-47-31-45-46(32-48(47)64)59(68)66(58(45)67)51-54(79-61(70)44-29-17-6-18-30-44)53(78-60(69)43-27-15-5-16-28-43)50(76-57(51)65)38-75-62-56(74-36-42-25-13-4-14-26-42)55(73-35-41-23-11-3-12-24-41)52(72-34-40-21-9-2-10-22-40)49(77-62)37-71-33-39-19-7-1-8-20-39/h1-32,49-57,62H,33-38H2/t49-,50-,51-,52-,53-,54-,55+,56-,57-,62-/m1/s1. The maximum atomic E-state index is 17.6. The Morgan fingerprint density at radius 3 is 1.32 bits per heavy atom. The lowest BCUT2D eigenvalue weighted by atomic mass is 9.95. The third-order valence-electron chi connectivity index (χ3n) is 13.6. The predicted molar refractivity (Wildman–Crippen MR) is 288 cm³/mol. The number of esters is 2. The molecule has 17 heteroatoms. The molecule has 2 amide bonds. The van der Waals surface area contributed by atoms with E-state index in [2.05, 4.69) is 0 Å². The van der Waals surface area contributed by atoms with Crippen molar-refractivity contribution >= 4 is 47.0 Å². The Labute approximate surface area is 465 Å². The van der Waals surface area contributed by atoms with Gasteiger partial charge in [-0.05, 0) is 58.7 Å². The Kier molecular flexibility index (Phi) is 18.3. The zero-order valence-corrected chi connectivity index (χ0v) is 43.9. The van der Waals surface area contributed by atoms with Crippen LogP contribution in [0.15, 0.2) is 194 Å². The van der Waals surface area contributed by atoms with Crippen LogP contribution in [0.3, 0.4) is 0 Å². The molecule has 0 spiro atoms. The fraction of sp³-hybridized carbons (Fsp3) is 0.258. The maximum absolute atomic E-state index is 17.6. The van der Waals surface area contributed by atoms with Gasteiger partial charge in [0.25, 0.3) is 11.8 Å². The summed E-state index contributed by atoms with van der Waals surface area (Å²) in [4.78, 5) is 57.8. The van der Waals surface area contributed by atoms with Crippen molar-refractivity contribution in [2.24, 2.45) is 0 Å². The van der Waals surface area contributed by atoms with Gasteiger partial charge in [0.05, 0.1) is 71.9 Å². The fourth-order valence-electron chi connectivity index (χ4n) is 9.68. The van der Waals surface area contributed by atoms with Crippen LogP contribution in [0, 0.1) is 0 Å². The molecule has 79 heavy (non-hydrogen) atoms. The van der Waals surface area contributed by atoms with Crippen molar-refractivity contribution < 1.29 is 66.2 Å². The summed E-state index contributed by atoms with van der Waals surface area (Å²) in [5, 5.41) is -0.0800. The predicted octanol–water partition coefficient (Wildman–Crippen LogP) is 10.8. The molecule has 7 aromatic rings. The lowest BCUT2D eigenvalue weighted by molar-refractivity contribution is -0.337. The van der Waals surface area contributed by atoms with Crippen molar-refractivity contribution in [2.45, 2.75) is 87.8 Å². The molecule has 10 atom stereocenters. The summed E-state index contributed by atoms with van der Waals surface area (Å²) < 4.78 is 76.7. The number of amides is 2. The Balaban J connectivity index is 1.03. The highest BCUT2D eigenvalue weighted by Crippen LogP contribution is 2.39. The minimum atomic E-state index is -2.59. The van der Waals surface area contributed by atoms with Gasteiger partial charge in [-0.25, -0.2) is 14.0 Å². The normalized spacial score (nSPS) is 23.7. The van der Waals surface area contributed by atoms with Gasteiger partial charge in [-0.3, -0.25) is 14.5 Å². The van der Waals surface area contributed by atoms with Gasteiger partial charge in [-0.1, -0.05) is 181 Å². The number of benzene rings is 7. The second kappa shape index (κ2) is 26.2. The second-order valence-corrected chi connectivity index (χ2v) is 19.8. The molecule has 0 aromatic heterocycles. The molecule has 10 rings (SSSR count). The van der Waals surface area contributed by atoms with Gasteiger partial charge in [-0.2, -0.15) is 0 Å². The first kappa shape index (κ1) is 55.2. The Bertz CT molecular complexity index is 3110. The van der Waals surface area contributed by atoms with Crippen LogP contribution in [0.1, 0.15) is 63.7 Å². The third kappa shape index (κ3) is 13.3. The monoisotopic (exact) mass is 1110 g/mol. The Morgan fingerprint density at radius 1 is 0.456 bits per heavy atom. The first-order valence-corrected chi connectivity index (χ1v) is 26.4. The van der Waals surface area contributed by atoms with E-state index in [-0.39, 0.29) is 65.3 Å². The van der Waals surface area contributed by atoms with Crippen LogP contribution in [0.5, 0.6) is 0 Å². The number of hydrogen-bond donors (Lipinski definition) is 0. The van der Waals surface area contributed by atoms with Crippen molar-refractivity contribution in [3.05, 3.63) is 249 Å².